The average Bonchev–Trinajstić information content (AvgIpc) is 2.69. The normalized spacial score (nSPS) is 11.5. The van der Waals surface area contributed by atoms with E-state index in [1.165, 1.54) is 0 Å². The number of rotatable bonds is 7. The molecule has 0 aromatic heterocycles. The van der Waals surface area contributed by atoms with Gasteiger partial charge in [-0.15, -0.1) is 0 Å². The third-order valence-corrected chi connectivity index (χ3v) is 6.22. The largest absolute Gasteiger partial charge is 0.341 e. The van der Waals surface area contributed by atoms with Crippen LogP contribution in [0.25, 0.3) is 10.8 Å². The number of hydrogen-bond acceptors (Lipinski definition) is 3. The fourth-order valence-electron chi connectivity index (χ4n) is 3.03. The number of amides is 1. The number of nitrogens with one attached hydrogen (secondary N) is 1. The second kappa shape index (κ2) is 8.54. The molecular formula is C22H24N2O3S. The van der Waals surface area contributed by atoms with E-state index in [0.29, 0.717) is 6.54 Å². The number of nitrogens with zero attached hydrogens (tertiary/aromatic N) is 1. The van der Waals surface area contributed by atoms with Gasteiger partial charge in [0.25, 0.3) is 0 Å². The zero-order chi connectivity index (χ0) is 20.1. The second-order valence-corrected chi connectivity index (χ2v) is 8.60. The van der Waals surface area contributed by atoms with Gasteiger partial charge in [-0.05, 0) is 41.0 Å². The van der Waals surface area contributed by atoms with Crippen LogP contribution >= 0.6 is 0 Å². The van der Waals surface area contributed by atoms with Crippen LogP contribution in [0.4, 0.5) is 0 Å². The standard InChI is InChI=1S/C22H24N2O3S/c1-17-7-3-4-10-20(17)16-24(2)22(25)13-14-23-28(26,27)21-12-11-18-8-5-6-9-19(18)15-21/h3-12,15,23H,13-14,16H2,1-2H3. The summed E-state index contributed by atoms with van der Waals surface area (Å²) in [6, 6.07) is 20.5. The molecule has 3 aromatic carbocycles. The van der Waals surface area contributed by atoms with Crippen molar-refractivity contribution < 1.29 is 13.2 Å². The van der Waals surface area contributed by atoms with Gasteiger partial charge in [0, 0.05) is 26.6 Å². The maximum atomic E-state index is 12.5. The highest BCUT2D eigenvalue weighted by atomic mass is 32.2. The Morgan fingerprint density at radius 1 is 0.964 bits per heavy atom. The number of carbonyl (C=O) groups excluding carboxylic acids is 1. The fourth-order valence-corrected chi connectivity index (χ4v) is 4.10. The molecule has 0 bridgehead atoms. The molecule has 0 saturated carbocycles. The van der Waals surface area contributed by atoms with Crippen molar-refractivity contribution >= 4 is 26.7 Å². The van der Waals surface area contributed by atoms with Crippen LogP contribution in [0.2, 0.25) is 0 Å². The van der Waals surface area contributed by atoms with Crippen molar-refractivity contribution in [3.05, 3.63) is 77.9 Å². The van der Waals surface area contributed by atoms with Crippen LogP contribution in [-0.4, -0.2) is 32.8 Å². The molecule has 0 aliphatic carbocycles. The van der Waals surface area contributed by atoms with Gasteiger partial charge in [0.1, 0.15) is 0 Å². The summed E-state index contributed by atoms with van der Waals surface area (Å²) < 4.78 is 27.6. The Morgan fingerprint density at radius 3 is 2.39 bits per heavy atom. The summed E-state index contributed by atoms with van der Waals surface area (Å²) in [7, 11) is -1.93. The number of aryl methyl sites for hydroxylation is 1. The third-order valence-electron chi connectivity index (χ3n) is 4.76. The van der Waals surface area contributed by atoms with Crippen molar-refractivity contribution in [3.8, 4) is 0 Å². The predicted molar refractivity (Wildman–Crippen MR) is 111 cm³/mol. The zero-order valence-corrected chi connectivity index (χ0v) is 16.9. The minimum Gasteiger partial charge on any atom is -0.341 e. The lowest BCUT2D eigenvalue weighted by atomic mass is 10.1. The van der Waals surface area contributed by atoms with Crippen LogP contribution in [0.15, 0.2) is 71.6 Å². The summed E-state index contributed by atoms with van der Waals surface area (Å²) >= 11 is 0. The van der Waals surface area contributed by atoms with E-state index in [1.807, 2.05) is 55.5 Å². The molecule has 3 rings (SSSR count). The van der Waals surface area contributed by atoms with Gasteiger partial charge in [-0.25, -0.2) is 13.1 Å². The van der Waals surface area contributed by atoms with E-state index in [0.717, 1.165) is 21.9 Å². The Kier molecular flexibility index (Phi) is 6.11. The van der Waals surface area contributed by atoms with Crippen LogP contribution in [-0.2, 0) is 21.4 Å². The van der Waals surface area contributed by atoms with Crippen LogP contribution < -0.4 is 4.72 Å². The van der Waals surface area contributed by atoms with Gasteiger partial charge >= 0.3 is 0 Å². The van der Waals surface area contributed by atoms with Gasteiger partial charge in [0.05, 0.1) is 4.90 Å². The van der Waals surface area contributed by atoms with Gasteiger partial charge in [0.15, 0.2) is 0 Å². The van der Waals surface area contributed by atoms with Crippen LogP contribution in [0, 0.1) is 6.92 Å². The second-order valence-electron chi connectivity index (χ2n) is 6.83. The lowest BCUT2D eigenvalue weighted by Crippen LogP contribution is -2.32. The summed E-state index contributed by atoms with van der Waals surface area (Å²) in [5, 5.41) is 1.84. The highest BCUT2D eigenvalue weighted by molar-refractivity contribution is 7.89. The van der Waals surface area contributed by atoms with E-state index in [4.69, 9.17) is 0 Å². The van der Waals surface area contributed by atoms with Crippen molar-refractivity contribution in [1.29, 1.82) is 0 Å². The van der Waals surface area contributed by atoms with Crippen LogP contribution in [0.5, 0.6) is 0 Å². The van der Waals surface area contributed by atoms with E-state index in [1.54, 1.807) is 30.1 Å². The molecule has 5 nitrogen and oxygen atoms in total. The molecule has 1 amide bonds. The molecule has 146 valence electrons. The zero-order valence-electron chi connectivity index (χ0n) is 16.1. The minimum absolute atomic E-state index is 0.0616. The molecule has 3 aromatic rings. The van der Waals surface area contributed by atoms with Gasteiger partial charge in [-0.3, -0.25) is 4.79 Å². The van der Waals surface area contributed by atoms with E-state index in [2.05, 4.69) is 4.72 Å². The van der Waals surface area contributed by atoms with Gasteiger partial charge in [0.2, 0.25) is 15.9 Å². The first-order valence-corrected chi connectivity index (χ1v) is 10.6. The summed E-state index contributed by atoms with van der Waals surface area (Å²) in [6.07, 6.45) is 0.106. The molecular weight excluding hydrogens is 372 g/mol. The molecule has 0 unspecified atom stereocenters. The fraction of sp³-hybridized carbons (Fsp3) is 0.227. The number of fused-ring (bicyclic) bond motifs is 1. The molecule has 6 heteroatoms. The molecule has 28 heavy (non-hydrogen) atoms. The van der Waals surface area contributed by atoms with Gasteiger partial charge in [-0.1, -0.05) is 54.6 Å². The molecule has 0 aliphatic heterocycles. The lowest BCUT2D eigenvalue weighted by molar-refractivity contribution is -0.130. The molecule has 0 heterocycles. The smallest absolute Gasteiger partial charge is 0.240 e. The van der Waals surface area contributed by atoms with E-state index in [-0.39, 0.29) is 23.8 Å². The first-order valence-electron chi connectivity index (χ1n) is 9.14. The topological polar surface area (TPSA) is 66.5 Å². The molecule has 1 N–H and O–H groups in total. The molecule has 0 saturated heterocycles. The van der Waals surface area contributed by atoms with Crippen molar-refractivity contribution in [3.63, 3.8) is 0 Å². The SMILES string of the molecule is Cc1ccccc1CN(C)C(=O)CCNS(=O)(=O)c1ccc2ccccc2c1. The predicted octanol–water partition coefficient (Wildman–Crippen LogP) is 3.48. The Bertz CT molecular complexity index is 1090. The first-order chi connectivity index (χ1) is 13.4. The Labute approximate surface area is 166 Å². The molecule has 0 fully saturated rings. The molecule has 0 atom stereocenters. The maximum Gasteiger partial charge on any atom is 0.240 e. The van der Waals surface area contributed by atoms with E-state index in [9.17, 15) is 13.2 Å². The van der Waals surface area contributed by atoms with E-state index < -0.39 is 10.0 Å². The summed E-state index contributed by atoms with van der Waals surface area (Å²) in [5.41, 5.74) is 2.20. The van der Waals surface area contributed by atoms with Crippen LogP contribution in [0.3, 0.4) is 0 Å². The lowest BCUT2D eigenvalue weighted by Gasteiger charge is -2.18. The Morgan fingerprint density at radius 2 is 1.64 bits per heavy atom. The molecule has 0 spiro atoms. The number of sulfonamides is 1. The summed E-state index contributed by atoms with van der Waals surface area (Å²) in [6.45, 7) is 2.57. The molecule has 0 radical (unpaired) electrons. The number of carbonyl (C=O) groups is 1. The highest BCUT2D eigenvalue weighted by Gasteiger charge is 2.16. The number of hydrogen-bond donors (Lipinski definition) is 1. The van der Waals surface area contributed by atoms with Crippen molar-refractivity contribution in [2.45, 2.75) is 24.8 Å². The first kappa shape index (κ1) is 20.0. The van der Waals surface area contributed by atoms with Gasteiger partial charge < -0.3 is 4.90 Å². The molecule has 0 aliphatic rings. The highest BCUT2D eigenvalue weighted by Crippen LogP contribution is 2.18. The maximum absolute atomic E-state index is 12.5. The van der Waals surface area contributed by atoms with Crippen molar-refractivity contribution in [2.75, 3.05) is 13.6 Å². The van der Waals surface area contributed by atoms with E-state index >= 15 is 0 Å². The summed E-state index contributed by atoms with van der Waals surface area (Å²) in [4.78, 5) is 14.2. The quantitative estimate of drug-likeness (QED) is 0.665. The van der Waals surface area contributed by atoms with Crippen molar-refractivity contribution in [2.24, 2.45) is 0 Å². The monoisotopic (exact) mass is 396 g/mol. The van der Waals surface area contributed by atoms with Crippen LogP contribution in [0.1, 0.15) is 17.5 Å². The van der Waals surface area contributed by atoms with Crippen molar-refractivity contribution in [1.82, 2.24) is 9.62 Å². The Balaban J connectivity index is 1.58. The average molecular weight is 397 g/mol. The minimum atomic E-state index is -3.66. The number of benzene rings is 3. The third kappa shape index (κ3) is 4.77. The van der Waals surface area contributed by atoms with Gasteiger partial charge in [-0.2, -0.15) is 0 Å². The Hall–Kier alpha value is -2.70. The summed E-state index contributed by atoms with van der Waals surface area (Å²) in [5.74, 6) is -0.107.